The highest BCUT2D eigenvalue weighted by Gasteiger charge is 2.33. The van der Waals surface area contributed by atoms with Gasteiger partial charge in [-0.15, -0.1) is 11.3 Å². The predicted molar refractivity (Wildman–Crippen MR) is 157 cm³/mol. The molecule has 3 aromatic rings. The lowest BCUT2D eigenvalue weighted by atomic mass is 9.97. The Balaban J connectivity index is 1.14. The molecule has 17 heteroatoms. The quantitative estimate of drug-likeness (QED) is 0.206. The van der Waals surface area contributed by atoms with Crippen molar-refractivity contribution in [1.82, 2.24) is 14.9 Å². The van der Waals surface area contributed by atoms with E-state index < -0.39 is 33.7 Å². The molecule has 1 unspecified atom stereocenters. The Morgan fingerprint density at radius 1 is 1.21 bits per heavy atom. The lowest BCUT2D eigenvalue weighted by Gasteiger charge is -2.31. The average Bonchev–Trinajstić information content (AvgIpc) is 3.61. The highest BCUT2D eigenvalue weighted by molar-refractivity contribution is 8.00. The summed E-state index contributed by atoms with van der Waals surface area (Å²) in [5.74, 6) is -0.622. The second-order valence-electron chi connectivity index (χ2n) is 9.90. The molecule has 0 radical (unpaired) electrons. The van der Waals surface area contributed by atoms with Crippen LogP contribution in [0.5, 0.6) is 0 Å². The normalized spacial score (nSPS) is 18.0. The third-order valence-electron chi connectivity index (χ3n) is 6.95. The number of aromatic nitrogens is 2. The number of thiazole rings is 1. The summed E-state index contributed by atoms with van der Waals surface area (Å²) < 4.78 is 70.8. The number of alkyl halides is 3. The van der Waals surface area contributed by atoms with Crippen molar-refractivity contribution < 1.29 is 35.8 Å². The number of carbonyl (C=O) groups is 1. The monoisotopic (exact) mass is 694 g/mol. The van der Waals surface area contributed by atoms with Crippen LogP contribution in [0, 0.1) is 0 Å². The first-order valence-corrected chi connectivity index (χ1v) is 17.1. The third kappa shape index (κ3) is 7.81. The van der Waals surface area contributed by atoms with Crippen molar-refractivity contribution in [1.29, 1.82) is 0 Å². The van der Waals surface area contributed by atoms with E-state index in [1.54, 1.807) is 23.1 Å². The molecule has 0 bridgehead atoms. The Kier molecular flexibility index (Phi) is 9.59. The number of likely N-dealkylation sites (tertiary alicyclic amines) is 1. The van der Waals surface area contributed by atoms with E-state index in [4.69, 9.17) is 33.0 Å². The number of nitrogens with zero attached hydrogens (tertiary/aromatic N) is 4. The lowest BCUT2D eigenvalue weighted by molar-refractivity contribution is -0.138. The van der Waals surface area contributed by atoms with E-state index in [0.717, 1.165) is 22.8 Å². The second-order valence-corrected chi connectivity index (χ2v) is 14.0. The van der Waals surface area contributed by atoms with Gasteiger partial charge in [0.2, 0.25) is 5.91 Å². The Labute approximate surface area is 263 Å². The molecule has 0 spiro atoms. The molecule has 1 aromatic carbocycles. The molecule has 43 heavy (non-hydrogen) atoms. The molecular weight excluding hydrogens is 672 g/mol. The minimum absolute atomic E-state index is 0.00250. The maximum absolute atomic E-state index is 12.8. The number of thioether (sulfide) groups is 1. The van der Waals surface area contributed by atoms with E-state index in [1.165, 1.54) is 11.3 Å². The Morgan fingerprint density at radius 3 is 2.63 bits per heavy atom. The molecule has 1 amide bonds. The Bertz CT molecular complexity index is 1660. The number of benzene rings is 1. The first-order valence-electron chi connectivity index (χ1n) is 12.8. The van der Waals surface area contributed by atoms with Crippen molar-refractivity contribution in [3.05, 3.63) is 73.3 Å². The van der Waals surface area contributed by atoms with Gasteiger partial charge in [0.05, 0.1) is 27.0 Å². The van der Waals surface area contributed by atoms with Crippen LogP contribution in [-0.2, 0) is 31.7 Å². The number of carbonyl (C=O) groups excluding carboxylic acids is 1. The number of rotatable bonds is 8. The standard InChI is InChI=1S/C26H23Cl2F3N4O5S3/c27-17-3-1-2-15(13-43(37,38)39)23(17)21-9-19(34-40-21)20-11-41-24(33-20)14-4-6-35(7-5-14)22(36)12-42-25-18(28)8-16(10-32-25)26(29,30)31/h1-3,8,10-11,14,21H,4-7,9,12-13H2,(H,37,38,39). The van der Waals surface area contributed by atoms with Gasteiger partial charge in [0.1, 0.15) is 16.5 Å². The van der Waals surface area contributed by atoms with Gasteiger partial charge in [-0.25, -0.2) is 9.97 Å². The Hall–Kier alpha value is -2.43. The maximum Gasteiger partial charge on any atom is 0.417 e. The van der Waals surface area contributed by atoms with Crippen LogP contribution in [0.15, 0.2) is 46.0 Å². The van der Waals surface area contributed by atoms with Crippen LogP contribution in [0.2, 0.25) is 10.0 Å². The van der Waals surface area contributed by atoms with Gasteiger partial charge in [0.25, 0.3) is 10.1 Å². The molecule has 9 nitrogen and oxygen atoms in total. The zero-order chi connectivity index (χ0) is 30.9. The fourth-order valence-electron chi connectivity index (χ4n) is 4.84. The molecular formula is C26H23Cl2F3N4O5S3. The molecule has 230 valence electrons. The van der Waals surface area contributed by atoms with Crippen LogP contribution < -0.4 is 0 Å². The van der Waals surface area contributed by atoms with Crippen LogP contribution in [0.1, 0.15) is 58.7 Å². The maximum atomic E-state index is 12.8. The SMILES string of the molecule is O=C(CSc1ncc(C(F)(F)F)cc1Cl)N1CCC(c2nc(C3=NOC(c4c(Cl)cccc4CS(=O)(=O)O)C3)cs2)CC1. The molecule has 1 saturated heterocycles. The highest BCUT2D eigenvalue weighted by atomic mass is 35.5. The average molecular weight is 696 g/mol. The number of pyridine rings is 1. The molecule has 2 aromatic heterocycles. The summed E-state index contributed by atoms with van der Waals surface area (Å²) >= 11 is 14.8. The molecule has 0 aliphatic carbocycles. The van der Waals surface area contributed by atoms with Crippen LogP contribution in [0.3, 0.4) is 0 Å². The molecule has 5 rings (SSSR count). The van der Waals surface area contributed by atoms with E-state index in [1.807, 2.05) is 5.38 Å². The largest absolute Gasteiger partial charge is 0.417 e. The first-order chi connectivity index (χ1) is 20.3. The van der Waals surface area contributed by atoms with Crippen molar-refractivity contribution >= 4 is 68.0 Å². The number of amides is 1. The van der Waals surface area contributed by atoms with E-state index >= 15 is 0 Å². The number of piperidine rings is 1. The van der Waals surface area contributed by atoms with E-state index in [9.17, 15) is 30.9 Å². The summed E-state index contributed by atoms with van der Waals surface area (Å²) in [5.41, 5.74) is 1.06. The number of hydrogen-bond donors (Lipinski definition) is 1. The van der Waals surface area contributed by atoms with Crippen LogP contribution in [-0.4, -0.2) is 58.3 Å². The number of halogens is 5. The zero-order valence-electron chi connectivity index (χ0n) is 22.1. The molecule has 1 atom stereocenters. The highest BCUT2D eigenvalue weighted by Crippen LogP contribution is 2.38. The van der Waals surface area contributed by atoms with E-state index in [2.05, 4.69) is 10.1 Å². The van der Waals surface area contributed by atoms with Gasteiger partial charge >= 0.3 is 6.18 Å². The molecule has 2 aliphatic heterocycles. The summed E-state index contributed by atoms with van der Waals surface area (Å²) in [6, 6.07) is 5.58. The van der Waals surface area contributed by atoms with Crippen molar-refractivity contribution in [2.75, 3.05) is 18.8 Å². The van der Waals surface area contributed by atoms with Gasteiger partial charge in [0, 0.05) is 47.6 Å². The molecule has 4 heterocycles. The van der Waals surface area contributed by atoms with Gasteiger partial charge in [-0.1, -0.05) is 52.3 Å². The summed E-state index contributed by atoms with van der Waals surface area (Å²) in [4.78, 5) is 28.6. The minimum Gasteiger partial charge on any atom is -0.387 e. The van der Waals surface area contributed by atoms with Gasteiger partial charge in [-0.05, 0) is 30.5 Å². The fourth-order valence-corrected chi connectivity index (χ4v) is 7.90. The van der Waals surface area contributed by atoms with Gasteiger partial charge in [0.15, 0.2) is 6.10 Å². The van der Waals surface area contributed by atoms with Crippen molar-refractivity contribution in [3.63, 3.8) is 0 Å². The first kappa shape index (κ1) is 32.0. The number of hydrogen-bond acceptors (Lipinski definition) is 9. The molecule has 1 fully saturated rings. The van der Waals surface area contributed by atoms with Crippen molar-refractivity contribution in [3.8, 4) is 0 Å². The summed E-state index contributed by atoms with van der Waals surface area (Å²) in [7, 11) is -4.28. The van der Waals surface area contributed by atoms with Crippen molar-refractivity contribution in [2.24, 2.45) is 5.16 Å². The summed E-state index contributed by atoms with van der Waals surface area (Å²) in [6.45, 7) is 1.00. The minimum atomic E-state index is -4.55. The predicted octanol–water partition coefficient (Wildman–Crippen LogP) is 6.62. The lowest BCUT2D eigenvalue weighted by Crippen LogP contribution is -2.38. The van der Waals surface area contributed by atoms with E-state index in [0.29, 0.717) is 66.1 Å². The number of oxime groups is 1. The molecule has 2 aliphatic rings. The topological polar surface area (TPSA) is 122 Å². The third-order valence-corrected chi connectivity index (χ3v) is 10.4. The van der Waals surface area contributed by atoms with Gasteiger partial charge in [-0.2, -0.15) is 21.6 Å². The van der Waals surface area contributed by atoms with Crippen molar-refractivity contribution in [2.45, 2.75) is 48.2 Å². The second kappa shape index (κ2) is 12.9. The van der Waals surface area contributed by atoms with Crippen LogP contribution in [0.4, 0.5) is 13.2 Å². The van der Waals surface area contributed by atoms with Crippen LogP contribution >= 0.6 is 46.3 Å². The summed E-state index contributed by atoms with van der Waals surface area (Å²) in [5, 5.41) is 7.26. The zero-order valence-corrected chi connectivity index (χ0v) is 26.0. The Morgan fingerprint density at radius 2 is 1.95 bits per heavy atom. The molecule has 0 saturated carbocycles. The van der Waals surface area contributed by atoms with E-state index in [-0.39, 0.29) is 27.6 Å². The molecule has 1 N–H and O–H groups in total. The van der Waals surface area contributed by atoms with Gasteiger partial charge < -0.3 is 9.74 Å². The smallest absolute Gasteiger partial charge is 0.387 e. The van der Waals surface area contributed by atoms with Gasteiger partial charge in [-0.3, -0.25) is 9.35 Å². The fraction of sp³-hybridized carbons (Fsp3) is 0.385. The van der Waals surface area contributed by atoms with Crippen LogP contribution in [0.25, 0.3) is 0 Å². The summed E-state index contributed by atoms with van der Waals surface area (Å²) in [6.07, 6.45) is -2.79.